The molecule has 0 amide bonds. The number of rotatable bonds is 5. The summed E-state index contributed by atoms with van der Waals surface area (Å²) in [5.74, 6) is 0. The van der Waals surface area contributed by atoms with Gasteiger partial charge in [0.15, 0.2) is 5.52 Å². The minimum Gasteiger partial charge on any atom is -0.287 e. The van der Waals surface area contributed by atoms with Gasteiger partial charge in [-0.25, -0.2) is 9.78 Å². The maximum Gasteiger partial charge on any atom is 0.332 e. The van der Waals surface area contributed by atoms with Gasteiger partial charge in [0.05, 0.1) is 29.2 Å². The molecule has 0 N–H and O–H groups in total. The molecule has 144 valence electrons. The van der Waals surface area contributed by atoms with Crippen LogP contribution in [0.1, 0.15) is 11.3 Å². The highest BCUT2D eigenvalue weighted by Gasteiger charge is 2.15. The van der Waals surface area contributed by atoms with Crippen molar-refractivity contribution in [2.75, 3.05) is 0 Å². The highest BCUT2D eigenvalue weighted by molar-refractivity contribution is 5.73. The van der Waals surface area contributed by atoms with Gasteiger partial charge in [-0.05, 0) is 29.8 Å². The van der Waals surface area contributed by atoms with Crippen molar-refractivity contribution in [3.05, 3.63) is 109 Å². The molecule has 4 rings (SSSR count). The van der Waals surface area contributed by atoms with E-state index >= 15 is 0 Å². The van der Waals surface area contributed by atoms with Gasteiger partial charge in [-0.1, -0.05) is 18.2 Å². The van der Waals surface area contributed by atoms with Crippen LogP contribution in [-0.4, -0.2) is 24.0 Å². The van der Waals surface area contributed by atoms with Crippen LogP contribution in [0.25, 0.3) is 11.0 Å². The van der Waals surface area contributed by atoms with E-state index in [1.807, 2.05) is 0 Å². The maximum absolute atomic E-state index is 13.1. The van der Waals surface area contributed by atoms with Gasteiger partial charge in [-0.15, -0.1) is 0 Å². The minimum absolute atomic E-state index is 0.0191. The van der Waals surface area contributed by atoms with Crippen LogP contribution in [0.2, 0.25) is 0 Å². The number of fused-ring (bicyclic) bond motifs is 1. The van der Waals surface area contributed by atoms with E-state index in [1.165, 1.54) is 22.9 Å². The van der Waals surface area contributed by atoms with E-state index in [0.29, 0.717) is 16.8 Å². The lowest BCUT2D eigenvalue weighted by Crippen LogP contribution is -2.41. The van der Waals surface area contributed by atoms with Crippen molar-refractivity contribution in [2.45, 2.75) is 13.1 Å². The van der Waals surface area contributed by atoms with Crippen molar-refractivity contribution in [1.82, 2.24) is 19.1 Å². The molecule has 4 aromatic rings. The smallest absolute Gasteiger partial charge is 0.287 e. The van der Waals surface area contributed by atoms with Gasteiger partial charge >= 0.3 is 5.69 Å². The Labute approximate surface area is 163 Å². The van der Waals surface area contributed by atoms with Crippen LogP contribution in [0, 0.1) is 10.1 Å². The summed E-state index contributed by atoms with van der Waals surface area (Å²) in [4.78, 5) is 44.7. The Balaban J connectivity index is 1.85. The molecular formula is C20H15N5O4. The first-order valence-corrected chi connectivity index (χ1v) is 8.76. The highest BCUT2D eigenvalue weighted by atomic mass is 16.6. The fourth-order valence-electron chi connectivity index (χ4n) is 3.09. The van der Waals surface area contributed by atoms with Crippen molar-refractivity contribution in [3.63, 3.8) is 0 Å². The molecule has 0 aliphatic rings. The van der Waals surface area contributed by atoms with E-state index < -0.39 is 16.2 Å². The second kappa shape index (κ2) is 7.47. The lowest BCUT2D eigenvalue weighted by atomic mass is 10.2. The van der Waals surface area contributed by atoms with Crippen LogP contribution >= 0.6 is 0 Å². The van der Waals surface area contributed by atoms with Gasteiger partial charge in [0.2, 0.25) is 0 Å². The van der Waals surface area contributed by atoms with Crippen molar-refractivity contribution < 1.29 is 4.92 Å². The number of pyridine rings is 2. The zero-order valence-corrected chi connectivity index (χ0v) is 15.1. The van der Waals surface area contributed by atoms with Gasteiger partial charge in [0.25, 0.3) is 11.2 Å². The Morgan fingerprint density at radius 2 is 1.62 bits per heavy atom. The van der Waals surface area contributed by atoms with E-state index in [4.69, 9.17) is 0 Å². The monoisotopic (exact) mass is 389 g/mol. The van der Waals surface area contributed by atoms with Crippen LogP contribution in [-0.2, 0) is 13.1 Å². The normalized spacial score (nSPS) is 10.9. The number of nitro groups is 1. The minimum atomic E-state index is -0.500. The largest absolute Gasteiger partial charge is 0.332 e. The summed E-state index contributed by atoms with van der Waals surface area (Å²) in [6.45, 7) is 0.160. The molecule has 0 bridgehead atoms. The molecule has 0 fully saturated rings. The van der Waals surface area contributed by atoms with Crippen molar-refractivity contribution in [1.29, 1.82) is 0 Å². The van der Waals surface area contributed by atoms with Gasteiger partial charge in [0, 0.05) is 24.5 Å². The molecule has 1 aromatic carbocycles. The van der Waals surface area contributed by atoms with Gasteiger partial charge in [0.1, 0.15) is 0 Å². The molecule has 0 saturated heterocycles. The van der Waals surface area contributed by atoms with E-state index in [2.05, 4.69) is 9.97 Å². The summed E-state index contributed by atoms with van der Waals surface area (Å²) in [5.41, 5.74) is 0.807. The quantitative estimate of drug-likeness (QED) is 0.381. The molecule has 29 heavy (non-hydrogen) atoms. The molecule has 0 spiro atoms. The lowest BCUT2D eigenvalue weighted by Gasteiger charge is -2.13. The van der Waals surface area contributed by atoms with E-state index in [9.17, 15) is 19.7 Å². The Bertz CT molecular complexity index is 1310. The third-order valence-electron chi connectivity index (χ3n) is 4.52. The Morgan fingerprint density at radius 3 is 2.31 bits per heavy atom. The summed E-state index contributed by atoms with van der Waals surface area (Å²) in [7, 11) is 0. The lowest BCUT2D eigenvalue weighted by molar-refractivity contribution is -0.384. The molecule has 0 aliphatic carbocycles. The summed E-state index contributed by atoms with van der Waals surface area (Å²) >= 11 is 0. The predicted octanol–water partition coefficient (Wildman–Crippen LogP) is 1.96. The number of nitrogens with zero attached hydrogens (tertiary/aromatic N) is 5. The number of benzene rings is 1. The molecule has 3 aromatic heterocycles. The number of aromatic nitrogens is 4. The number of hydrogen-bond donors (Lipinski definition) is 0. The standard InChI is InChI=1S/C20H15N5O4/c26-19-18-17(5-3-11-22-18)23(12-14-6-8-16(9-7-14)25(28)29)20(27)24(19)13-15-4-1-2-10-21-15/h1-11H,12-13H2. The summed E-state index contributed by atoms with van der Waals surface area (Å²) in [5, 5.41) is 10.9. The summed E-state index contributed by atoms with van der Waals surface area (Å²) < 4.78 is 2.54. The average Bonchev–Trinajstić information content (AvgIpc) is 2.75. The molecule has 0 atom stereocenters. The van der Waals surface area contributed by atoms with Crippen LogP contribution < -0.4 is 11.2 Å². The molecule has 9 nitrogen and oxygen atoms in total. The summed E-state index contributed by atoms with van der Waals surface area (Å²) in [6, 6.07) is 14.5. The van der Waals surface area contributed by atoms with Gasteiger partial charge < -0.3 is 0 Å². The van der Waals surface area contributed by atoms with Crippen LogP contribution in [0.3, 0.4) is 0 Å². The predicted molar refractivity (Wildman–Crippen MR) is 106 cm³/mol. The zero-order valence-electron chi connectivity index (χ0n) is 15.1. The van der Waals surface area contributed by atoms with Gasteiger partial charge in [-0.2, -0.15) is 0 Å². The van der Waals surface area contributed by atoms with Crippen molar-refractivity contribution in [2.24, 2.45) is 0 Å². The van der Waals surface area contributed by atoms with E-state index in [1.54, 1.807) is 48.7 Å². The van der Waals surface area contributed by atoms with Crippen LogP contribution in [0.5, 0.6) is 0 Å². The van der Waals surface area contributed by atoms with Crippen molar-refractivity contribution >= 4 is 16.7 Å². The molecule has 0 radical (unpaired) electrons. The third-order valence-corrected chi connectivity index (χ3v) is 4.52. The first-order valence-electron chi connectivity index (χ1n) is 8.76. The Hall–Kier alpha value is -4.14. The molecule has 3 heterocycles. The van der Waals surface area contributed by atoms with E-state index in [0.717, 1.165) is 4.57 Å². The third kappa shape index (κ3) is 3.53. The second-order valence-corrected chi connectivity index (χ2v) is 6.38. The number of non-ortho nitro benzene ring substituents is 1. The topological polar surface area (TPSA) is 113 Å². The molecule has 9 heteroatoms. The second-order valence-electron chi connectivity index (χ2n) is 6.38. The maximum atomic E-state index is 13.1. The van der Waals surface area contributed by atoms with Crippen LogP contribution in [0.4, 0.5) is 5.69 Å². The van der Waals surface area contributed by atoms with E-state index in [-0.39, 0.29) is 24.3 Å². The fourth-order valence-corrected chi connectivity index (χ4v) is 3.09. The first-order chi connectivity index (χ1) is 14.0. The molecule has 0 saturated carbocycles. The number of nitro benzene ring substituents is 1. The highest BCUT2D eigenvalue weighted by Crippen LogP contribution is 2.14. The van der Waals surface area contributed by atoms with Gasteiger partial charge in [-0.3, -0.25) is 29.0 Å². The zero-order chi connectivity index (χ0) is 20.4. The SMILES string of the molecule is O=c1c2ncccc2n(Cc2ccc([N+](=O)[O-])cc2)c(=O)n1Cc1ccccn1. The Morgan fingerprint density at radius 1 is 0.862 bits per heavy atom. The molecule has 0 aliphatic heterocycles. The average molecular weight is 389 g/mol. The van der Waals surface area contributed by atoms with Crippen LogP contribution in [0.15, 0.2) is 76.6 Å². The fraction of sp³-hybridized carbons (Fsp3) is 0.100. The van der Waals surface area contributed by atoms with Crippen molar-refractivity contribution in [3.8, 4) is 0 Å². The summed E-state index contributed by atoms with van der Waals surface area (Å²) in [6.07, 6.45) is 3.09. The number of hydrogen-bond acceptors (Lipinski definition) is 6. The molecule has 0 unspecified atom stereocenters. The Kier molecular flexibility index (Phi) is 4.70. The molecular weight excluding hydrogens is 374 g/mol. The first kappa shape index (κ1) is 18.2.